The first-order chi connectivity index (χ1) is 25.0. The summed E-state index contributed by atoms with van der Waals surface area (Å²) in [4.78, 5) is 43.9. The molecule has 52 heavy (non-hydrogen) atoms. The Morgan fingerprint density at radius 2 is 1.40 bits per heavy atom. The van der Waals surface area contributed by atoms with Crippen molar-refractivity contribution in [3.8, 4) is 17.2 Å². The van der Waals surface area contributed by atoms with E-state index in [9.17, 15) is 37.9 Å². The Morgan fingerprint density at radius 3 is 2.08 bits per heavy atom. The predicted molar refractivity (Wildman–Crippen MR) is 189 cm³/mol. The van der Waals surface area contributed by atoms with Crippen LogP contribution in [-0.4, -0.2) is 77.5 Å². The number of piperazine rings is 1. The first kappa shape index (κ1) is 36.3. The van der Waals surface area contributed by atoms with Crippen molar-refractivity contribution in [3.63, 3.8) is 0 Å². The highest BCUT2D eigenvalue weighted by atomic mass is 19.4. The molecule has 2 aliphatic rings. The molecule has 0 radical (unpaired) electrons. The van der Waals surface area contributed by atoms with Crippen molar-refractivity contribution in [1.82, 2.24) is 15.1 Å². The summed E-state index contributed by atoms with van der Waals surface area (Å²) in [5, 5.41) is 27.3. The molecule has 0 bridgehead atoms. The van der Waals surface area contributed by atoms with Crippen molar-refractivity contribution in [2.24, 2.45) is 5.92 Å². The van der Waals surface area contributed by atoms with Crippen LogP contribution in [0, 0.1) is 17.2 Å². The maximum absolute atomic E-state index is 14.1. The second-order valence-electron chi connectivity index (χ2n) is 13.2. The number of nitrogens with zero attached hydrogens (tertiary/aromatic N) is 3. The Morgan fingerprint density at radius 1 is 0.788 bits per heavy atom. The Labute approximate surface area is 299 Å². The number of hydrogen-bond acceptors (Lipinski definition) is 6. The number of carbonyl (C=O) groups excluding carboxylic acids is 3. The Kier molecular flexibility index (Phi) is 10.7. The van der Waals surface area contributed by atoms with Crippen LogP contribution in [0.5, 0.6) is 0 Å². The Hall–Kier alpha value is -5.51. The van der Waals surface area contributed by atoms with Crippen LogP contribution >= 0.6 is 0 Å². The molecule has 12 heteroatoms. The van der Waals surface area contributed by atoms with E-state index in [4.69, 9.17) is 0 Å². The maximum Gasteiger partial charge on any atom is 0.417 e. The van der Waals surface area contributed by atoms with Crippen LogP contribution in [-0.2, 0) is 17.4 Å². The summed E-state index contributed by atoms with van der Waals surface area (Å²) in [5.41, 5.74) is -0.933. The number of likely N-dealkylation sites (tertiary alicyclic amines) is 1. The van der Waals surface area contributed by atoms with Gasteiger partial charge in [0.25, 0.3) is 17.7 Å². The molecule has 0 aliphatic carbocycles. The third-order valence-electron chi connectivity index (χ3n) is 9.82. The molecular weight excluding hydrogens is 671 g/mol. The number of amides is 3. The van der Waals surface area contributed by atoms with Crippen molar-refractivity contribution < 1.29 is 32.7 Å². The van der Waals surface area contributed by atoms with E-state index in [2.05, 4.69) is 10.6 Å². The molecule has 4 aromatic rings. The fraction of sp³-hybridized carbons (Fsp3) is 0.300. The molecule has 9 nitrogen and oxygen atoms in total. The van der Waals surface area contributed by atoms with Gasteiger partial charge in [-0.25, -0.2) is 0 Å². The van der Waals surface area contributed by atoms with E-state index in [1.807, 2.05) is 30.3 Å². The summed E-state index contributed by atoms with van der Waals surface area (Å²) >= 11 is 0. The van der Waals surface area contributed by atoms with E-state index < -0.39 is 34.7 Å². The van der Waals surface area contributed by atoms with Gasteiger partial charge in [0.1, 0.15) is 5.60 Å². The summed E-state index contributed by atoms with van der Waals surface area (Å²) in [6.45, 7) is 3.19. The predicted octanol–water partition coefficient (Wildman–Crippen LogP) is 5.75. The number of anilines is 1. The maximum atomic E-state index is 14.1. The number of piperidine rings is 1. The van der Waals surface area contributed by atoms with Gasteiger partial charge in [-0.1, -0.05) is 54.6 Å². The topological polar surface area (TPSA) is 126 Å². The van der Waals surface area contributed by atoms with Crippen LogP contribution in [0.4, 0.5) is 18.9 Å². The summed E-state index contributed by atoms with van der Waals surface area (Å²) in [7, 11) is 0. The highest BCUT2D eigenvalue weighted by Crippen LogP contribution is 2.37. The SMILES string of the molecule is N#Cc1ccc(NC(=O)C(O)(Cc2cccc(-c3cccc(C(=O)N4CCNCC4)c3)c2)C2CCN(C(=O)c3ccccc3)CC2)cc1C(F)(F)F. The minimum atomic E-state index is -4.84. The van der Waals surface area contributed by atoms with Gasteiger partial charge in [0.2, 0.25) is 0 Å². The van der Waals surface area contributed by atoms with Crippen LogP contribution < -0.4 is 10.6 Å². The molecule has 3 amide bonds. The second kappa shape index (κ2) is 15.4. The summed E-state index contributed by atoms with van der Waals surface area (Å²) < 4.78 is 41.3. The third-order valence-corrected chi connectivity index (χ3v) is 9.82. The number of nitrogens with one attached hydrogen (secondary N) is 2. The molecule has 2 fully saturated rings. The molecule has 0 saturated carbocycles. The van der Waals surface area contributed by atoms with Crippen molar-refractivity contribution in [3.05, 3.63) is 125 Å². The normalized spacial score (nSPS) is 16.4. The van der Waals surface area contributed by atoms with E-state index in [0.717, 1.165) is 30.3 Å². The molecule has 1 unspecified atom stereocenters. The molecule has 1 atom stereocenters. The first-order valence-electron chi connectivity index (χ1n) is 17.1. The third kappa shape index (κ3) is 8.01. The largest absolute Gasteiger partial charge is 0.417 e. The van der Waals surface area contributed by atoms with Gasteiger partial charge in [0.15, 0.2) is 0 Å². The number of halogens is 3. The van der Waals surface area contributed by atoms with E-state index in [0.29, 0.717) is 35.8 Å². The van der Waals surface area contributed by atoms with Crippen LogP contribution in [0.2, 0.25) is 0 Å². The number of nitriles is 1. The molecule has 0 aromatic heterocycles. The molecule has 2 heterocycles. The first-order valence-corrected chi connectivity index (χ1v) is 17.1. The van der Waals surface area contributed by atoms with Gasteiger partial charge < -0.3 is 25.5 Å². The lowest BCUT2D eigenvalue weighted by Gasteiger charge is -2.40. The van der Waals surface area contributed by atoms with E-state index >= 15 is 0 Å². The number of carbonyl (C=O) groups is 3. The summed E-state index contributed by atoms with van der Waals surface area (Å²) in [5.74, 6) is -1.79. The van der Waals surface area contributed by atoms with Crippen LogP contribution in [0.1, 0.15) is 50.2 Å². The van der Waals surface area contributed by atoms with Crippen LogP contribution in [0.3, 0.4) is 0 Å². The van der Waals surface area contributed by atoms with Gasteiger partial charge in [-0.3, -0.25) is 14.4 Å². The molecular formula is C40H38F3N5O4. The molecule has 3 N–H and O–H groups in total. The monoisotopic (exact) mass is 709 g/mol. The number of hydrogen-bond donors (Lipinski definition) is 3. The van der Waals surface area contributed by atoms with E-state index in [1.165, 1.54) is 12.1 Å². The average molecular weight is 710 g/mol. The minimum absolute atomic E-state index is 0.0703. The van der Waals surface area contributed by atoms with Gasteiger partial charge in [0, 0.05) is 68.4 Å². The molecule has 268 valence electrons. The Balaban J connectivity index is 1.28. The van der Waals surface area contributed by atoms with E-state index in [-0.39, 0.29) is 49.9 Å². The van der Waals surface area contributed by atoms with Crippen LogP contribution in [0.15, 0.2) is 97.1 Å². The smallest absolute Gasteiger partial charge is 0.379 e. The van der Waals surface area contributed by atoms with Gasteiger partial charge in [0.05, 0.1) is 17.2 Å². The van der Waals surface area contributed by atoms with Crippen molar-refractivity contribution in [1.29, 1.82) is 5.26 Å². The highest BCUT2D eigenvalue weighted by Gasteiger charge is 2.46. The average Bonchev–Trinajstić information content (AvgIpc) is 3.17. The zero-order valence-corrected chi connectivity index (χ0v) is 28.3. The molecule has 0 spiro atoms. The molecule has 4 aromatic carbocycles. The highest BCUT2D eigenvalue weighted by molar-refractivity contribution is 5.98. The molecule has 6 rings (SSSR count). The second-order valence-corrected chi connectivity index (χ2v) is 13.2. The lowest BCUT2D eigenvalue weighted by atomic mass is 9.75. The van der Waals surface area contributed by atoms with Gasteiger partial charge in [-0.2, -0.15) is 18.4 Å². The van der Waals surface area contributed by atoms with Gasteiger partial charge in [-0.15, -0.1) is 0 Å². The lowest BCUT2D eigenvalue weighted by Crippen LogP contribution is -2.54. The number of benzene rings is 4. The van der Waals surface area contributed by atoms with Gasteiger partial charge >= 0.3 is 6.18 Å². The van der Waals surface area contributed by atoms with Crippen LogP contribution in [0.25, 0.3) is 11.1 Å². The lowest BCUT2D eigenvalue weighted by molar-refractivity contribution is -0.142. The van der Waals surface area contributed by atoms with Crippen molar-refractivity contribution in [2.75, 3.05) is 44.6 Å². The minimum Gasteiger partial charge on any atom is -0.379 e. The number of rotatable bonds is 8. The zero-order valence-electron chi connectivity index (χ0n) is 28.3. The van der Waals surface area contributed by atoms with E-state index in [1.54, 1.807) is 58.3 Å². The standard InChI is InChI=1S/C40H38F3N5O4/c41-40(42,43)35-24-34(13-12-32(35)26-44)46-38(51)39(52,33-14-18-47(19-15-33)36(49)28-7-2-1-3-8-28)25-27-6-4-9-29(22-27)30-10-5-11-31(23-30)37(50)48-20-16-45-17-21-48/h1-13,22-24,33,45,52H,14-21,25H2,(H,46,51). The number of alkyl halides is 3. The summed E-state index contributed by atoms with van der Waals surface area (Å²) in [6.07, 6.45) is -4.49. The summed E-state index contributed by atoms with van der Waals surface area (Å²) in [6, 6.07) is 27.7. The number of aliphatic hydroxyl groups is 1. The fourth-order valence-corrected chi connectivity index (χ4v) is 6.98. The molecule has 2 aliphatic heterocycles. The Bertz CT molecular complexity index is 1980. The quantitative estimate of drug-likeness (QED) is 0.214. The molecule has 2 saturated heterocycles. The van der Waals surface area contributed by atoms with Crippen molar-refractivity contribution >= 4 is 23.4 Å². The van der Waals surface area contributed by atoms with Crippen molar-refractivity contribution in [2.45, 2.75) is 31.0 Å². The van der Waals surface area contributed by atoms with Gasteiger partial charge in [-0.05, 0) is 72.0 Å². The fourth-order valence-electron chi connectivity index (χ4n) is 6.98. The zero-order chi connectivity index (χ0) is 36.9.